The standard InChI is InChI=1S/C40H40Cl2N2O5S2/c1-46-30-12-11-23(32(41)35(30)48-3)13-18-44-39(34(45)27-9-5-7-24-15-19-50-37(24)27)40(28-10-6-8-25-16-20-51-38(25)28)22-43-17-14-26-29(40)21-31(47-2)36(49-4)33(26)42/h5-12,15-16,19-21,34,39,43-45H,13-14,17-18,22H2,1-4H3. The van der Waals surface area contributed by atoms with Crippen LogP contribution in [0.3, 0.4) is 0 Å². The molecule has 0 spiro atoms. The van der Waals surface area contributed by atoms with Crippen LogP contribution in [0.1, 0.15) is 33.9 Å². The molecule has 1 aliphatic heterocycles. The average molecular weight is 764 g/mol. The van der Waals surface area contributed by atoms with Crippen molar-refractivity contribution in [2.75, 3.05) is 48.1 Å². The van der Waals surface area contributed by atoms with Crippen LogP contribution in [0.15, 0.2) is 77.5 Å². The third-order valence-electron chi connectivity index (χ3n) is 10.1. The normalized spacial score (nSPS) is 17.2. The van der Waals surface area contributed by atoms with Crippen LogP contribution in [0.2, 0.25) is 10.0 Å². The molecule has 7 rings (SSSR count). The van der Waals surface area contributed by atoms with E-state index in [2.05, 4.69) is 63.9 Å². The monoisotopic (exact) mass is 762 g/mol. The SMILES string of the molecule is COc1ccc(CCNC(C(O)c2cccc3ccsc23)C2(c3cccc4ccsc34)CNCCc3c2cc(OC)c(OC)c3Cl)c(Cl)c1OC. The number of hydrogen-bond acceptors (Lipinski definition) is 9. The number of thiophene rings is 2. The van der Waals surface area contributed by atoms with Crippen molar-refractivity contribution < 1.29 is 24.1 Å². The number of ether oxygens (including phenoxy) is 4. The Morgan fingerprint density at radius 3 is 2.22 bits per heavy atom. The van der Waals surface area contributed by atoms with Gasteiger partial charge in [-0.15, -0.1) is 22.7 Å². The average Bonchev–Trinajstić information content (AvgIpc) is 3.80. The molecule has 3 atom stereocenters. The summed E-state index contributed by atoms with van der Waals surface area (Å²) in [4.78, 5) is 0. The Labute approximate surface area is 316 Å². The number of methoxy groups -OCH3 is 4. The van der Waals surface area contributed by atoms with Crippen molar-refractivity contribution in [1.29, 1.82) is 0 Å². The zero-order valence-electron chi connectivity index (χ0n) is 28.8. The maximum absolute atomic E-state index is 13.0. The van der Waals surface area contributed by atoms with Crippen LogP contribution in [0.25, 0.3) is 20.2 Å². The zero-order valence-corrected chi connectivity index (χ0v) is 32.0. The van der Waals surface area contributed by atoms with E-state index in [1.54, 1.807) is 51.1 Å². The highest BCUT2D eigenvalue weighted by Gasteiger charge is 2.50. The molecule has 6 aromatic rings. The molecule has 3 N–H and O–H groups in total. The Morgan fingerprint density at radius 2 is 1.49 bits per heavy atom. The third-order valence-corrected chi connectivity index (χ3v) is 12.9. The summed E-state index contributed by atoms with van der Waals surface area (Å²) in [5.41, 5.74) is 3.95. The zero-order chi connectivity index (χ0) is 35.7. The molecule has 0 fully saturated rings. The van der Waals surface area contributed by atoms with Gasteiger partial charge >= 0.3 is 0 Å². The van der Waals surface area contributed by atoms with Gasteiger partial charge < -0.3 is 34.7 Å². The number of aliphatic hydroxyl groups excluding tert-OH is 1. The van der Waals surface area contributed by atoms with Crippen LogP contribution in [-0.2, 0) is 18.3 Å². The summed E-state index contributed by atoms with van der Waals surface area (Å²) in [5.74, 6) is 2.11. The Kier molecular flexibility index (Phi) is 10.7. The minimum absolute atomic E-state index is 0.496. The van der Waals surface area contributed by atoms with Crippen molar-refractivity contribution in [2.24, 2.45) is 0 Å². The fraction of sp³-hybridized carbons (Fsp3) is 0.300. The smallest absolute Gasteiger partial charge is 0.179 e. The Morgan fingerprint density at radius 1 is 0.804 bits per heavy atom. The molecule has 0 amide bonds. The van der Waals surface area contributed by atoms with Gasteiger partial charge in [0.05, 0.1) is 56.0 Å². The first-order chi connectivity index (χ1) is 24.9. The Balaban J connectivity index is 1.47. The van der Waals surface area contributed by atoms with Crippen LogP contribution in [0, 0.1) is 0 Å². The maximum atomic E-state index is 13.0. The van der Waals surface area contributed by atoms with Crippen molar-refractivity contribution in [2.45, 2.75) is 30.4 Å². The molecule has 0 radical (unpaired) electrons. The van der Waals surface area contributed by atoms with Crippen molar-refractivity contribution in [1.82, 2.24) is 10.6 Å². The molecule has 4 aromatic carbocycles. The van der Waals surface area contributed by atoms with Gasteiger partial charge in [-0.25, -0.2) is 0 Å². The topological polar surface area (TPSA) is 81.2 Å². The lowest BCUT2D eigenvalue weighted by Gasteiger charge is -2.45. The van der Waals surface area contributed by atoms with Gasteiger partial charge in [-0.1, -0.05) is 65.7 Å². The van der Waals surface area contributed by atoms with Gasteiger partial charge in [-0.05, 0) is 99.5 Å². The van der Waals surface area contributed by atoms with Crippen molar-refractivity contribution in [3.63, 3.8) is 0 Å². The van der Waals surface area contributed by atoms with E-state index in [1.165, 1.54) is 0 Å². The number of hydrogen-bond donors (Lipinski definition) is 3. The first-order valence-electron chi connectivity index (χ1n) is 16.8. The molecule has 1 aliphatic rings. The third kappa shape index (κ3) is 6.23. The van der Waals surface area contributed by atoms with Gasteiger partial charge in [0.2, 0.25) is 0 Å². The summed E-state index contributed by atoms with van der Waals surface area (Å²) in [6.45, 7) is 1.71. The molecule has 0 bridgehead atoms. The minimum atomic E-state index is -0.942. The molecule has 0 saturated carbocycles. The number of aliphatic hydroxyl groups is 1. The summed E-state index contributed by atoms with van der Waals surface area (Å²) in [7, 11) is 6.42. The van der Waals surface area contributed by atoms with E-state index < -0.39 is 17.6 Å². The minimum Gasteiger partial charge on any atom is -0.493 e. The summed E-state index contributed by atoms with van der Waals surface area (Å²) in [6, 6.07) is 22.2. The number of benzene rings is 4. The molecular formula is C40H40Cl2N2O5S2. The van der Waals surface area contributed by atoms with E-state index in [1.807, 2.05) is 24.3 Å². The van der Waals surface area contributed by atoms with Crippen molar-refractivity contribution >= 4 is 66.0 Å². The van der Waals surface area contributed by atoms with Crippen LogP contribution >= 0.6 is 45.9 Å². The second-order valence-electron chi connectivity index (χ2n) is 12.6. The summed E-state index contributed by atoms with van der Waals surface area (Å²) in [6.07, 6.45) is 0.294. The fourth-order valence-electron chi connectivity index (χ4n) is 7.72. The lowest BCUT2D eigenvalue weighted by molar-refractivity contribution is 0.0948. The highest BCUT2D eigenvalue weighted by atomic mass is 35.5. The first kappa shape index (κ1) is 35.8. The van der Waals surface area contributed by atoms with Gasteiger partial charge in [0, 0.05) is 15.9 Å². The molecule has 0 saturated heterocycles. The lowest BCUT2D eigenvalue weighted by Crippen LogP contribution is -2.57. The molecule has 2 aromatic heterocycles. The predicted octanol–water partition coefficient (Wildman–Crippen LogP) is 8.82. The molecule has 3 unspecified atom stereocenters. The largest absolute Gasteiger partial charge is 0.493 e. The molecule has 0 aliphatic carbocycles. The van der Waals surface area contributed by atoms with E-state index in [4.69, 9.17) is 42.1 Å². The van der Waals surface area contributed by atoms with Gasteiger partial charge in [0.15, 0.2) is 23.0 Å². The fourth-order valence-corrected chi connectivity index (χ4v) is 10.4. The van der Waals surface area contributed by atoms with E-state index in [0.717, 1.165) is 48.0 Å². The molecule has 3 heterocycles. The van der Waals surface area contributed by atoms with Crippen molar-refractivity contribution in [3.8, 4) is 23.0 Å². The van der Waals surface area contributed by atoms with E-state index >= 15 is 0 Å². The predicted molar refractivity (Wildman–Crippen MR) is 211 cm³/mol. The molecular weight excluding hydrogens is 723 g/mol. The highest BCUT2D eigenvalue weighted by molar-refractivity contribution is 7.17. The highest BCUT2D eigenvalue weighted by Crippen LogP contribution is 2.52. The number of rotatable bonds is 12. The number of halogens is 2. The number of fused-ring (bicyclic) bond motifs is 3. The van der Waals surface area contributed by atoms with Gasteiger partial charge in [-0.3, -0.25) is 0 Å². The molecule has 266 valence electrons. The van der Waals surface area contributed by atoms with Crippen molar-refractivity contribution in [3.05, 3.63) is 115 Å². The second kappa shape index (κ2) is 15.2. The van der Waals surface area contributed by atoms with Crippen LogP contribution in [0.4, 0.5) is 0 Å². The summed E-state index contributed by atoms with van der Waals surface area (Å²) in [5, 5.41) is 28.1. The molecule has 51 heavy (non-hydrogen) atoms. The lowest BCUT2D eigenvalue weighted by atomic mass is 9.65. The number of nitrogens with one attached hydrogen (secondary N) is 2. The van der Waals surface area contributed by atoms with E-state index in [0.29, 0.717) is 65.5 Å². The van der Waals surface area contributed by atoms with Crippen LogP contribution in [-0.4, -0.2) is 59.2 Å². The van der Waals surface area contributed by atoms with Crippen LogP contribution < -0.4 is 29.6 Å². The summed E-state index contributed by atoms with van der Waals surface area (Å²) >= 11 is 17.5. The van der Waals surface area contributed by atoms with Crippen LogP contribution in [0.5, 0.6) is 23.0 Å². The van der Waals surface area contributed by atoms with Gasteiger partial charge in [0.25, 0.3) is 0 Å². The quantitative estimate of drug-likeness (QED) is 0.115. The van der Waals surface area contributed by atoms with Gasteiger partial charge in [-0.2, -0.15) is 0 Å². The van der Waals surface area contributed by atoms with E-state index in [-0.39, 0.29) is 0 Å². The maximum Gasteiger partial charge on any atom is 0.179 e. The molecule has 7 nitrogen and oxygen atoms in total. The second-order valence-corrected chi connectivity index (χ2v) is 15.2. The van der Waals surface area contributed by atoms with E-state index in [9.17, 15) is 5.11 Å². The van der Waals surface area contributed by atoms with Gasteiger partial charge in [0.1, 0.15) is 0 Å². The Bertz CT molecular complexity index is 2190. The summed E-state index contributed by atoms with van der Waals surface area (Å²) < 4.78 is 25.1. The molecule has 11 heteroatoms. The first-order valence-corrected chi connectivity index (χ1v) is 19.3. The Hall–Kier alpha value is -3.54.